The minimum atomic E-state index is 0.283. The number of benzene rings is 1. The Labute approximate surface area is 85.4 Å². The van der Waals surface area contributed by atoms with Crippen LogP contribution in [0.25, 0.3) is 6.08 Å². The second-order valence-electron chi connectivity index (χ2n) is 3.93. The summed E-state index contributed by atoms with van der Waals surface area (Å²) in [4.78, 5) is 0. The molecule has 0 aliphatic carbocycles. The second kappa shape index (κ2) is 3.97. The molecule has 0 spiro atoms. The molecular weight excluding hydrogens is 172 g/mol. The van der Waals surface area contributed by atoms with E-state index in [0.29, 0.717) is 5.92 Å². The van der Waals surface area contributed by atoms with Crippen LogP contribution in [0.15, 0.2) is 35.9 Å². The van der Waals surface area contributed by atoms with Crippen LogP contribution >= 0.6 is 0 Å². The van der Waals surface area contributed by atoms with Gasteiger partial charge in [-0.05, 0) is 18.1 Å². The lowest BCUT2D eigenvalue weighted by molar-refractivity contribution is 0.130. The maximum absolute atomic E-state index is 5.58. The molecule has 2 atom stereocenters. The van der Waals surface area contributed by atoms with Gasteiger partial charge in [0.25, 0.3) is 0 Å². The molecule has 1 aliphatic heterocycles. The lowest BCUT2D eigenvalue weighted by atomic mass is 9.98. The fourth-order valence-corrected chi connectivity index (χ4v) is 1.88. The molecule has 14 heavy (non-hydrogen) atoms. The molecule has 1 aromatic carbocycles. The number of rotatable bonds is 1. The minimum Gasteiger partial charge on any atom is -0.374 e. The Balaban J connectivity index is 2.26. The first kappa shape index (κ1) is 9.47. The third-order valence-corrected chi connectivity index (χ3v) is 2.77. The van der Waals surface area contributed by atoms with E-state index in [4.69, 9.17) is 4.74 Å². The normalized spacial score (nSPS) is 29.7. The van der Waals surface area contributed by atoms with Crippen molar-refractivity contribution in [2.75, 3.05) is 6.61 Å². The maximum Gasteiger partial charge on any atom is 0.0763 e. The highest BCUT2D eigenvalue weighted by Crippen LogP contribution is 2.27. The van der Waals surface area contributed by atoms with Gasteiger partial charge in [-0.15, -0.1) is 0 Å². The van der Waals surface area contributed by atoms with Crippen molar-refractivity contribution < 1.29 is 4.74 Å². The van der Waals surface area contributed by atoms with Gasteiger partial charge in [-0.2, -0.15) is 0 Å². The summed E-state index contributed by atoms with van der Waals surface area (Å²) >= 11 is 0. The first-order chi connectivity index (χ1) is 6.77. The lowest BCUT2D eigenvalue weighted by Crippen LogP contribution is -2.01. The summed E-state index contributed by atoms with van der Waals surface area (Å²) in [5.74, 6) is 0.560. The van der Waals surface area contributed by atoms with Crippen LogP contribution in [0.3, 0.4) is 0 Å². The highest BCUT2D eigenvalue weighted by molar-refractivity contribution is 5.54. The summed E-state index contributed by atoms with van der Waals surface area (Å²) in [6, 6.07) is 10.4. The maximum atomic E-state index is 5.58. The predicted molar refractivity (Wildman–Crippen MR) is 59.0 cm³/mol. The van der Waals surface area contributed by atoms with E-state index < -0.39 is 0 Å². The van der Waals surface area contributed by atoms with Gasteiger partial charge in [0.1, 0.15) is 0 Å². The van der Waals surface area contributed by atoms with Gasteiger partial charge in [-0.25, -0.2) is 0 Å². The van der Waals surface area contributed by atoms with E-state index in [9.17, 15) is 0 Å². The van der Waals surface area contributed by atoms with Crippen molar-refractivity contribution in [2.45, 2.75) is 20.0 Å². The average molecular weight is 188 g/mol. The first-order valence-corrected chi connectivity index (χ1v) is 5.15. The van der Waals surface area contributed by atoms with Gasteiger partial charge in [0.05, 0.1) is 12.7 Å². The van der Waals surface area contributed by atoms with Gasteiger partial charge in [0, 0.05) is 5.92 Å². The Morgan fingerprint density at radius 3 is 2.50 bits per heavy atom. The van der Waals surface area contributed by atoms with E-state index in [1.165, 1.54) is 11.1 Å². The zero-order chi connectivity index (χ0) is 9.97. The predicted octanol–water partition coefficient (Wildman–Crippen LogP) is 3.12. The lowest BCUT2D eigenvalue weighted by Gasteiger charge is -2.06. The van der Waals surface area contributed by atoms with Crippen molar-refractivity contribution >= 4 is 6.08 Å². The monoisotopic (exact) mass is 188 g/mol. The molecular formula is C13H16O. The van der Waals surface area contributed by atoms with Crippen LogP contribution in [0.1, 0.15) is 19.4 Å². The topological polar surface area (TPSA) is 9.23 Å². The minimum absolute atomic E-state index is 0.283. The van der Waals surface area contributed by atoms with Gasteiger partial charge in [-0.1, -0.05) is 43.3 Å². The largest absolute Gasteiger partial charge is 0.374 e. The summed E-state index contributed by atoms with van der Waals surface area (Å²) in [5, 5.41) is 0. The second-order valence-corrected chi connectivity index (χ2v) is 3.93. The van der Waals surface area contributed by atoms with Crippen molar-refractivity contribution in [1.82, 2.24) is 0 Å². The van der Waals surface area contributed by atoms with Gasteiger partial charge >= 0.3 is 0 Å². The zero-order valence-corrected chi connectivity index (χ0v) is 8.73. The third-order valence-electron chi connectivity index (χ3n) is 2.77. The Bertz CT molecular complexity index is 314. The smallest absolute Gasteiger partial charge is 0.0763 e. The van der Waals surface area contributed by atoms with Gasteiger partial charge in [0.15, 0.2) is 0 Å². The molecule has 1 aromatic rings. The summed E-state index contributed by atoms with van der Waals surface area (Å²) < 4.78 is 5.58. The first-order valence-electron chi connectivity index (χ1n) is 5.15. The molecule has 2 rings (SSSR count). The molecule has 0 N–H and O–H groups in total. The van der Waals surface area contributed by atoms with Gasteiger partial charge in [0.2, 0.25) is 0 Å². The van der Waals surface area contributed by atoms with Crippen LogP contribution in [0.5, 0.6) is 0 Å². The Morgan fingerprint density at radius 2 is 1.93 bits per heavy atom. The average Bonchev–Trinajstić information content (AvgIpc) is 2.51. The highest BCUT2D eigenvalue weighted by atomic mass is 16.5. The van der Waals surface area contributed by atoms with Crippen LogP contribution in [-0.2, 0) is 4.74 Å². The SMILES string of the molecule is C[C@@H]1CO[C@@H](C)/C1=C\c1ccccc1. The molecule has 0 aromatic heterocycles. The molecule has 0 amide bonds. The van der Waals surface area contributed by atoms with Crippen molar-refractivity contribution in [3.63, 3.8) is 0 Å². The molecule has 74 valence electrons. The van der Waals surface area contributed by atoms with Gasteiger partial charge < -0.3 is 4.74 Å². The van der Waals surface area contributed by atoms with Crippen molar-refractivity contribution in [3.8, 4) is 0 Å². The highest BCUT2D eigenvalue weighted by Gasteiger charge is 2.23. The summed E-state index contributed by atoms with van der Waals surface area (Å²) in [6.07, 6.45) is 2.53. The van der Waals surface area contributed by atoms with Crippen LogP contribution in [0.2, 0.25) is 0 Å². The fourth-order valence-electron chi connectivity index (χ4n) is 1.88. The Hall–Kier alpha value is -1.08. The standard InChI is InChI=1S/C13H16O/c1-10-9-14-11(2)13(10)8-12-6-4-3-5-7-12/h3-8,10-11H,9H2,1-2H3/b13-8-/t10-,11+/m1/s1. The zero-order valence-electron chi connectivity index (χ0n) is 8.73. The molecule has 1 heteroatoms. The van der Waals surface area contributed by atoms with Crippen LogP contribution < -0.4 is 0 Å². The van der Waals surface area contributed by atoms with Crippen molar-refractivity contribution in [3.05, 3.63) is 41.5 Å². The van der Waals surface area contributed by atoms with E-state index >= 15 is 0 Å². The molecule has 1 saturated heterocycles. The van der Waals surface area contributed by atoms with Crippen LogP contribution in [0, 0.1) is 5.92 Å². The fraction of sp³-hybridized carbons (Fsp3) is 0.385. The van der Waals surface area contributed by atoms with E-state index in [1.807, 2.05) is 6.07 Å². The van der Waals surface area contributed by atoms with E-state index in [2.05, 4.69) is 44.2 Å². The summed E-state index contributed by atoms with van der Waals surface area (Å²) in [7, 11) is 0. The summed E-state index contributed by atoms with van der Waals surface area (Å²) in [6.45, 7) is 5.20. The summed E-state index contributed by atoms with van der Waals surface area (Å²) in [5.41, 5.74) is 2.68. The molecule has 0 saturated carbocycles. The molecule has 0 radical (unpaired) electrons. The molecule has 1 nitrogen and oxygen atoms in total. The van der Waals surface area contributed by atoms with Crippen molar-refractivity contribution in [2.24, 2.45) is 5.92 Å². The molecule has 1 fully saturated rings. The number of ether oxygens (including phenoxy) is 1. The molecule has 0 bridgehead atoms. The van der Waals surface area contributed by atoms with E-state index in [0.717, 1.165) is 6.61 Å². The molecule has 1 heterocycles. The number of hydrogen-bond donors (Lipinski definition) is 0. The Kier molecular flexibility index (Phi) is 2.69. The van der Waals surface area contributed by atoms with Gasteiger partial charge in [-0.3, -0.25) is 0 Å². The van der Waals surface area contributed by atoms with Crippen LogP contribution in [0.4, 0.5) is 0 Å². The number of hydrogen-bond acceptors (Lipinski definition) is 1. The third kappa shape index (κ3) is 1.88. The quantitative estimate of drug-likeness (QED) is 0.658. The molecule has 1 aliphatic rings. The van der Waals surface area contributed by atoms with Crippen LogP contribution in [-0.4, -0.2) is 12.7 Å². The van der Waals surface area contributed by atoms with Crippen molar-refractivity contribution in [1.29, 1.82) is 0 Å². The molecule has 0 unspecified atom stereocenters. The van der Waals surface area contributed by atoms with E-state index in [-0.39, 0.29) is 6.10 Å². The Morgan fingerprint density at radius 1 is 1.21 bits per heavy atom. The van der Waals surface area contributed by atoms with E-state index in [1.54, 1.807) is 0 Å².